The molecule has 1 amide bonds. The van der Waals surface area contributed by atoms with Crippen LogP contribution in [0.3, 0.4) is 0 Å². The van der Waals surface area contributed by atoms with Crippen molar-refractivity contribution in [2.75, 3.05) is 38.3 Å². The van der Waals surface area contributed by atoms with Gasteiger partial charge in [-0.25, -0.2) is 9.97 Å². The van der Waals surface area contributed by atoms with Gasteiger partial charge in [0.15, 0.2) is 11.5 Å². The molecular formula is C23H30N4O3. The van der Waals surface area contributed by atoms with E-state index in [1.165, 1.54) is 19.3 Å². The molecule has 7 nitrogen and oxygen atoms in total. The van der Waals surface area contributed by atoms with Crippen molar-refractivity contribution in [2.45, 2.75) is 38.5 Å². The Morgan fingerprint density at radius 1 is 1.20 bits per heavy atom. The van der Waals surface area contributed by atoms with Crippen molar-refractivity contribution in [3.05, 3.63) is 41.7 Å². The SMILES string of the molecule is COc1ccccc1OCCNC(=O)C1CCc2nc(N3CCCCC3)ncc2C1. The number of rotatable bonds is 7. The van der Waals surface area contributed by atoms with Gasteiger partial charge in [0.25, 0.3) is 0 Å². The molecule has 7 heteroatoms. The Balaban J connectivity index is 1.26. The molecule has 1 unspecified atom stereocenters. The van der Waals surface area contributed by atoms with Gasteiger partial charge in [-0.2, -0.15) is 0 Å². The van der Waals surface area contributed by atoms with Crippen molar-refractivity contribution in [1.29, 1.82) is 0 Å². The number of carbonyl (C=O) groups excluding carboxylic acids is 1. The summed E-state index contributed by atoms with van der Waals surface area (Å²) in [5.74, 6) is 2.27. The van der Waals surface area contributed by atoms with Gasteiger partial charge in [0, 0.05) is 30.9 Å². The Morgan fingerprint density at radius 2 is 2.00 bits per heavy atom. The summed E-state index contributed by atoms with van der Waals surface area (Å²) in [7, 11) is 1.62. The van der Waals surface area contributed by atoms with Crippen molar-refractivity contribution < 1.29 is 14.3 Å². The van der Waals surface area contributed by atoms with Crippen LogP contribution in [0.5, 0.6) is 11.5 Å². The van der Waals surface area contributed by atoms with Gasteiger partial charge < -0.3 is 19.7 Å². The molecule has 0 spiro atoms. The number of anilines is 1. The highest BCUT2D eigenvalue weighted by molar-refractivity contribution is 5.79. The highest BCUT2D eigenvalue weighted by Crippen LogP contribution is 2.27. The monoisotopic (exact) mass is 410 g/mol. The normalized spacial score (nSPS) is 18.4. The van der Waals surface area contributed by atoms with Crippen LogP contribution in [0, 0.1) is 5.92 Å². The number of aromatic nitrogens is 2. The van der Waals surface area contributed by atoms with Crippen LogP contribution in [0.2, 0.25) is 0 Å². The van der Waals surface area contributed by atoms with Crippen LogP contribution in [0.25, 0.3) is 0 Å². The minimum atomic E-state index is -0.0341. The minimum Gasteiger partial charge on any atom is -0.493 e. The zero-order valence-electron chi connectivity index (χ0n) is 17.6. The summed E-state index contributed by atoms with van der Waals surface area (Å²) >= 11 is 0. The summed E-state index contributed by atoms with van der Waals surface area (Å²) in [6.07, 6.45) is 8.00. The van der Waals surface area contributed by atoms with Gasteiger partial charge in [0.2, 0.25) is 11.9 Å². The third kappa shape index (κ3) is 4.83. The molecule has 1 aromatic heterocycles. The molecule has 1 N–H and O–H groups in total. The van der Waals surface area contributed by atoms with Crippen LogP contribution in [0.1, 0.15) is 36.9 Å². The first-order chi connectivity index (χ1) is 14.7. The van der Waals surface area contributed by atoms with Crippen LogP contribution >= 0.6 is 0 Å². The summed E-state index contributed by atoms with van der Waals surface area (Å²) in [5.41, 5.74) is 2.21. The maximum atomic E-state index is 12.6. The Kier molecular flexibility index (Phi) is 6.67. The van der Waals surface area contributed by atoms with Crippen molar-refractivity contribution in [1.82, 2.24) is 15.3 Å². The highest BCUT2D eigenvalue weighted by Gasteiger charge is 2.26. The second-order valence-corrected chi connectivity index (χ2v) is 7.92. The number of para-hydroxylation sites is 2. The van der Waals surface area contributed by atoms with Gasteiger partial charge >= 0.3 is 0 Å². The number of ether oxygens (including phenoxy) is 2. The lowest BCUT2D eigenvalue weighted by molar-refractivity contribution is -0.125. The molecule has 1 atom stereocenters. The zero-order chi connectivity index (χ0) is 20.8. The van der Waals surface area contributed by atoms with Crippen LogP contribution in [-0.4, -0.2) is 49.2 Å². The van der Waals surface area contributed by atoms with Crippen LogP contribution in [-0.2, 0) is 17.6 Å². The van der Waals surface area contributed by atoms with E-state index in [1.54, 1.807) is 7.11 Å². The molecule has 1 aliphatic carbocycles. The lowest BCUT2D eigenvalue weighted by atomic mass is 9.86. The van der Waals surface area contributed by atoms with Crippen LogP contribution < -0.4 is 19.7 Å². The third-order valence-electron chi connectivity index (χ3n) is 5.88. The smallest absolute Gasteiger partial charge is 0.225 e. The molecule has 0 radical (unpaired) electrons. The lowest BCUT2D eigenvalue weighted by Gasteiger charge is -2.28. The predicted octanol–water partition coefficient (Wildman–Crippen LogP) is 2.78. The van der Waals surface area contributed by atoms with E-state index in [2.05, 4.69) is 15.2 Å². The Morgan fingerprint density at radius 3 is 2.80 bits per heavy atom. The topological polar surface area (TPSA) is 76.6 Å². The highest BCUT2D eigenvalue weighted by atomic mass is 16.5. The summed E-state index contributed by atoms with van der Waals surface area (Å²) in [5, 5.41) is 3.00. The average Bonchev–Trinajstić information content (AvgIpc) is 2.81. The first-order valence-corrected chi connectivity index (χ1v) is 10.9. The van der Waals surface area contributed by atoms with Crippen molar-refractivity contribution in [3.63, 3.8) is 0 Å². The summed E-state index contributed by atoms with van der Waals surface area (Å²) < 4.78 is 11.0. The number of fused-ring (bicyclic) bond motifs is 1. The van der Waals surface area contributed by atoms with Gasteiger partial charge in [0.05, 0.1) is 13.7 Å². The molecule has 1 aromatic carbocycles. The van der Waals surface area contributed by atoms with E-state index in [0.717, 1.165) is 43.1 Å². The van der Waals surface area contributed by atoms with Gasteiger partial charge in [-0.05, 0) is 56.2 Å². The van der Waals surface area contributed by atoms with Crippen molar-refractivity contribution in [3.8, 4) is 11.5 Å². The molecule has 2 aromatic rings. The second kappa shape index (κ2) is 9.78. The van der Waals surface area contributed by atoms with E-state index >= 15 is 0 Å². The van der Waals surface area contributed by atoms with Gasteiger partial charge in [-0.15, -0.1) is 0 Å². The first-order valence-electron chi connectivity index (χ1n) is 10.9. The number of methoxy groups -OCH3 is 1. The largest absolute Gasteiger partial charge is 0.493 e. The van der Waals surface area contributed by atoms with Gasteiger partial charge in [-0.3, -0.25) is 4.79 Å². The maximum absolute atomic E-state index is 12.6. The number of carbonyl (C=O) groups is 1. The number of aryl methyl sites for hydroxylation is 1. The fourth-order valence-corrected chi connectivity index (χ4v) is 4.18. The van der Waals surface area contributed by atoms with Crippen molar-refractivity contribution in [2.24, 2.45) is 5.92 Å². The lowest BCUT2D eigenvalue weighted by Crippen LogP contribution is -2.37. The van der Waals surface area contributed by atoms with Gasteiger partial charge in [0.1, 0.15) is 6.61 Å². The fraction of sp³-hybridized carbons (Fsp3) is 0.522. The minimum absolute atomic E-state index is 0.0341. The molecule has 160 valence electrons. The number of benzene rings is 1. The number of hydrogen-bond donors (Lipinski definition) is 1. The Hall–Kier alpha value is -2.83. The van der Waals surface area contributed by atoms with E-state index in [9.17, 15) is 4.79 Å². The standard InChI is InChI=1S/C23H30N4O3/c1-29-20-7-3-4-8-21(20)30-14-11-24-22(28)17-9-10-19-18(15-17)16-25-23(26-19)27-12-5-2-6-13-27/h3-4,7-8,16-17H,2,5-6,9-15H2,1H3,(H,24,28). The van der Waals surface area contributed by atoms with E-state index < -0.39 is 0 Å². The maximum Gasteiger partial charge on any atom is 0.225 e. The van der Waals surface area contributed by atoms with Crippen molar-refractivity contribution >= 4 is 11.9 Å². The number of nitrogens with zero attached hydrogens (tertiary/aromatic N) is 3. The number of piperidine rings is 1. The third-order valence-corrected chi connectivity index (χ3v) is 5.88. The van der Waals surface area contributed by atoms with E-state index in [0.29, 0.717) is 31.1 Å². The van der Waals surface area contributed by atoms with E-state index in [-0.39, 0.29) is 11.8 Å². The molecule has 2 heterocycles. The molecule has 2 aliphatic rings. The molecule has 0 bridgehead atoms. The number of nitrogens with one attached hydrogen (secondary N) is 1. The Bertz CT molecular complexity index is 867. The predicted molar refractivity (Wildman–Crippen MR) is 115 cm³/mol. The van der Waals surface area contributed by atoms with E-state index in [1.807, 2.05) is 30.5 Å². The molecular weight excluding hydrogens is 380 g/mol. The summed E-state index contributed by atoms with van der Waals surface area (Å²) in [6.45, 7) is 2.95. The molecule has 1 aliphatic heterocycles. The molecule has 4 rings (SSSR count). The fourth-order valence-electron chi connectivity index (χ4n) is 4.18. The average molecular weight is 411 g/mol. The molecule has 1 saturated heterocycles. The van der Waals surface area contributed by atoms with Crippen LogP contribution in [0.4, 0.5) is 5.95 Å². The first kappa shape index (κ1) is 20.4. The zero-order valence-corrected chi connectivity index (χ0v) is 17.6. The summed E-state index contributed by atoms with van der Waals surface area (Å²) in [4.78, 5) is 24.3. The van der Waals surface area contributed by atoms with Gasteiger partial charge in [-0.1, -0.05) is 12.1 Å². The summed E-state index contributed by atoms with van der Waals surface area (Å²) in [6, 6.07) is 7.51. The number of amides is 1. The number of hydrogen-bond acceptors (Lipinski definition) is 6. The molecule has 30 heavy (non-hydrogen) atoms. The second-order valence-electron chi connectivity index (χ2n) is 7.92. The molecule has 1 fully saturated rings. The quantitative estimate of drug-likeness (QED) is 0.708. The van der Waals surface area contributed by atoms with Crippen LogP contribution in [0.15, 0.2) is 30.5 Å². The van der Waals surface area contributed by atoms with E-state index in [4.69, 9.17) is 14.5 Å². The Labute approximate surface area is 177 Å². The molecule has 0 saturated carbocycles.